The number of aromatic nitrogens is 4. The average molecular weight is 454 g/mol. The Morgan fingerprint density at radius 3 is 2.58 bits per heavy atom. The molecule has 1 aromatic carbocycles. The highest BCUT2D eigenvalue weighted by Gasteiger charge is 2.65. The highest BCUT2D eigenvalue weighted by atomic mass is 19.1. The zero-order valence-electron chi connectivity index (χ0n) is 19.1. The zero-order valence-corrected chi connectivity index (χ0v) is 19.1. The van der Waals surface area contributed by atoms with Crippen molar-refractivity contribution in [2.45, 2.75) is 56.1 Å². The van der Waals surface area contributed by atoms with Crippen LogP contribution in [0.25, 0.3) is 16.9 Å². The van der Waals surface area contributed by atoms with Crippen molar-refractivity contribution in [2.24, 2.45) is 0 Å². The van der Waals surface area contributed by atoms with Crippen LogP contribution in [0.15, 0.2) is 49.1 Å². The van der Waals surface area contributed by atoms with Crippen LogP contribution in [0.3, 0.4) is 0 Å². The van der Waals surface area contributed by atoms with Crippen molar-refractivity contribution in [1.29, 1.82) is 0 Å². The van der Waals surface area contributed by atoms with Gasteiger partial charge in [-0.25, -0.2) is 9.37 Å². The number of methoxy groups -OCH3 is 1. The van der Waals surface area contributed by atoms with Crippen LogP contribution in [0.2, 0.25) is 0 Å². The molecule has 2 bridgehead atoms. The van der Waals surface area contributed by atoms with E-state index >= 15 is 4.39 Å². The number of imidazole rings is 1. The monoisotopic (exact) mass is 453 g/mol. The molecule has 1 N–H and O–H groups in total. The molecule has 0 aliphatic carbocycles. The number of phenols is 1. The van der Waals surface area contributed by atoms with Crippen molar-refractivity contribution in [3.05, 3.63) is 49.1 Å². The molecule has 0 radical (unpaired) electrons. The maximum Gasteiger partial charge on any atom is 0.233 e. The number of piperidine rings is 1. The maximum atomic E-state index is 15.6. The number of hydrogen-bond donors (Lipinski definition) is 1. The number of benzene rings is 1. The zero-order chi connectivity index (χ0) is 23.4. The van der Waals surface area contributed by atoms with E-state index in [4.69, 9.17) is 9.47 Å². The van der Waals surface area contributed by atoms with Gasteiger partial charge in [-0.2, -0.15) is 0 Å². The van der Waals surface area contributed by atoms with E-state index < -0.39 is 17.8 Å². The largest absolute Gasteiger partial charge is 0.507 e. The first kappa shape index (κ1) is 21.8. The van der Waals surface area contributed by atoms with Crippen molar-refractivity contribution in [2.75, 3.05) is 14.2 Å². The number of hydrogen-bond acceptors (Lipinski definition) is 7. The number of rotatable bonds is 5. The van der Waals surface area contributed by atoms with Crippen LogP contribution >= 0.6 is 0 Å². The maximum absolute atomic E-state index is 15.6. The Morgan fingerprint density at radius 1 is 1.12 bits per heavy atom. The lowest BCUT2D eigenvalue weighted by Gasteiger charge is -2.50. The molecule has 0 amide bonds. The predicted molar refractivity (Wildman–Crippen MR) is 120 cm³/mol. The average Bonchev–Trinajstić information content (AvgIpc) is 3.39. The van der Waals surface area contributed by atoms with Gasteiger partial charge in [-0.1, -0.05) is 0 Å². The van der Waals surface area contributed by atoms with Crippen LogP contribution in [-0.4, -0.2) is 73.4 Å². The molecule has 3 aromatic rings. The SMILES string of the molecule is CO[C@@H]1C[C@@]2(C)[C@@H](F)[C@H](Oc3ccc(-c4ccc(-n5ccnc5)cc4O)nn3)C[C@]1(C)N2C. The van der Waals surface area contributed by atoms with Crippen LogP contribution in [0, 0.1) is 0 Å². The van der Waals surface area contributed by atoms with Crippen molar-refractivity contribution >= 4 is 0 Å². The fourth-order valence-corrected chi connectivity index (χ4v) is 5.44. The molecule has 2 saturated heterocycles. The van der Waals surface area contributed by atoms with Crippen molar-refractivity contribution in [3.8, 4) is 28.6 Å². The molecular formula is C24H28FN5O3. The van der Waals surface area contributed by atoms with Crippen molar-refractivity contribution in [1.82, 2.24) is 24.6 Å². The quantitative estimate of drug-likeness (QED) is 0.634. The molecule has 0 unspecified atom stereocenters. The van der Waals surface area contributed by atoms with Gasteiger partial charge >= 0.3 is 0 Å². The summed E-state index contributed by atoms with van der Waals surface area (Å²) in [6.45, 7) is 4.02. The number of phenolic OH excluding ortho intramolecular Hbond substituents is 1. The minimum Gasteiger partial charge on any atom is -0.507 e. The Bertz CT molecular complexity index is 1140. The Balaban J connectivity index is 1.35. The molecule has 2 aliphatic heterocycles. The Kier molecular flexibility index (Phi) is 5.13. The fourth-order valence-electron chi connectivity index (χ4n) is 5.44. The van der Waals surface area contributed by atoms with Gasteiger partial charge in [0.05, 0.1) is 29.4 Å². The molecule has 5 atom stereocenters. The van der Waals surface area contributed by atoms with E-state index in [0.717, 1.165) is 5.69 Å². The van der Waals surface area contributed by atoms with Gasteiger partial charge in [-0.15, -0.1) is 10.2 Å². The molecule has 2 aromatic heterocycles. The molecule has 5 rings (SSSR count). The van der Waals surface area contributed by atoms with E-state index in [0.29, 0.717) is 24.1 Å². The third-order valence-corrected chi connectivity index (χ3v) is 7.62. The third kappa shape index (κ3) is 3.38. The minimum atomic E-state index is -1.20. The van der Waals surface area contributed by atoms with Gasteiger partial charge in [0.2, 0.25) is 5.88 Å². The summed E-state index contributed by atoms with van der Waals surface area (Å²) in [5, 5.41) is 18.9. The molecule has 0 saturated carbocycles. The lowest BCUT2D eigenvalue weighted by Crippen LogP contribution is -2.65. The van der Waals surface area contributed by atoms with Gasteiger partial charge in [0.1, 0.15) is 11.9 Å². The first-order chi connectivity index (χ1) is 15.8. The van der Waals surface area contributed by atoms with E-state index in [1.807, 2.05) is 20.0 Å². The lowest BCUT2D eigenvalue weighted by molar-refractivity contribution is -0.102. The second kappa shape index (κ2) is 7.78. The summed E-state index contributed by atoms with van der Waals surface area (Å²) in [5.41, 5.74) is 0.822. The summed E-state index contributed by atoms with van der Waals surface area (Å²) in [5.74, 6) is 0.331. The summed E-state index contributed by atoms with van der Waals surface area (Å²) in [4.78, 5) is 6.12. The van der Waals surface area contributed by atoms with Crippen LogP contribution < -0.4 is 4.74 Å². The van der Waals surface area contributed by atoms with Gasteiger partial charge in [-0.3, -0.25) is 4.90 Å². The standard InChI is InChI=1S/C24H28FN5O3/c1-23-12-19(22(25)24(2,29(23)3)13-20(23)32-4)33-21-8-7-17(27-28-21)16-6-5-15(11-18(16)31)30-10-9-26-14-30/h5-11,14,19-20,22,31H,12-13H2,1-4H3/t19-,20-,22+,23+,24+/m1/s1. The molecule has 8 nitrogen and oxygen atoms in total. The third-order valence-electron chi connectivity index (χ3n) is 7.62. The summed E-state index contributed by atoms with van der Waals surface area (Å²) in [7, 11) is 3.64. The molecule has 9 heteroatoms. The molecule has 2 fully saturated rings. The topological polar surface area (TPSA) is 85.5 Å². The number of alkyl halides is 1. The van der Waals surface area contributed by atoms with Crippen molar-refractivity contribution < 1.29 is 19.0 Å². The van der Waals surface area contributed by atoms with Crippen LogP contribution in [0.1, 0.15) is 26.7 Å². The molecule has 174 valence electrons. The van der Waals surface area contributed by atoms with E-state index in [2.05, 4.69) is 27.0 Å². The van der Waals surface area contributed by atoms with Gasteiger partial charge in [0.15, 0.2) is 6.17 Å². The normalized spacial score (nSPS) is 31.6. The number of nitrogens with zero attached hydrogens (tertiary/aromatic N) is 5. The molecule has 33 heavy (non-hydrogen) atoms. The van der Waals surface area contributed by atoms with Gasteiger partial charge in [0.25, 0.3) is 0 Å². The second-order valence-electron chi connectivity index (χ2n) is 9.39. The van der Waals surface area contributed by atoms with Crippen LogP contribution in [-0.2, 0) is 4.74 Å². The van der Waals surface area contributed by atoms with Gasteiger partial charge in [0, 0.05) is 49.2 Å². The summed E-state index contributed by atoms with van der Waals surface area (Å²) >= 11 is 0. The van der Waals surface area contributed by atoms with Crippen molar-refractivity contribution in [3.63, 3.8) is 0 Å². The molecule has 4 heterocycles. The van der Waals surface area contributed by atoms with E-state index in [-0.39, 0.29) is 23.3 Å². The Labute approximate surface area is 192 Å². The van der Waals surface area contributed by atoms with Gasteiger partial charge in [-0.05, 0) is 45.5 Å². The number of fused-ring (bicyclic) bond motifs is 2. The summed E-state index contributed by atoms with van der Waals surface area (Å²) in [6.07, 6.45) is 4.29. The number of halogens is 1. The highest BCUT2D eigenvalue weighted by Crippen LogP contribution is 2.52. The summed E-state index contributed by atoms with van der Waals surface area (Å²) < 4.78 is 29.1. The molecular weight excluding hydrogens is 425 g/mol. The number of likely N-dealkylation sites (N-methyl/N-ethyl adjacent to an activating group) is 1. The van der Waals surface area contributed by atoms with Gasteiger partial charge < -0.3 is 19.1 Å². The summed E-state index contributed by atoms with van der Waals surface area (Å²) in [6, 6.07) is 8.65. The lowest BCUT2D eigenvalue weighted by atomic mass is 9.82. The first-order valence-electron chi connectivity index (χ1n) is 11.0. The first-order valence-corrected chi connectivity index (χ1v) is 11.0. The Morgan fingerprint density at radius 2 is 1.94 bits per heavy atom. The Hall–Kier alpha value is -3.04. The van der Waals surface area contributed by atoms with E-state index in [1.54, 1.807) is 54.7 Å². The van der Waals surface area contributed by atoms with E-state index in [1.165, 1.54) is 0 Å². The van der Waals surface area contributed by atoms with Crippen LogP contribution in [0.5, 0.6) is 11.6 Å². The smallest absolute Gasteiger partial charge is 0.233 e. The number of aromatic hydroxyl groups is 1. The minimum absolute atomic E-state index is 0.0684. The van der Waals surface area contributed by atoms with Crippen LogP contribution in [0.4, 0.5) is 4.39 Å². The predicted octanol–water partition coefficient (Wildman–Crippen LogP) is 3.39. The number of ether oxygens (including phenoxy) is 2. The highest BCUT2D eigenvalue weighted by molar-refractivity contribution is 5.68. The molecule has 0 spiro atoms. The molecule has 2 aliphatic rings. The van der Waals surface area contributed by atoms with E-state index in [9.17, 15) is 5.11 Å². The fraction of sp³-hybridized carbons (Fsp3) is 0.458. The second-order valence-corrected chi connectivity index (χ2v) is 9.39.